The third-order valence-electron chi connectivity index (χ3n) is 5.20. The van der Waals surface area contributed by atoms with Gasteiger partial charge in [-0.2, -0.15) is 0 Å². The van der Waals surface area contributed by atoms with Crippen LogP contribution in [0.15, 0.2) is 65.3 Å². The maximum absolute atomic E-state index is 12.6. The number of nitrogens with one attached hydrogen (secondary N) is 1. The Balaban J connectivity index is 1.47. The summed E-state index contributed by atoms with van der Waals surface area (Å²) in [5, 5.41) is 16.3. The van der Waals surface area contributed by atoms with Gasteiger partial charge in [-0.3, -0.25) is 19.7 Å². The maximum atomic E-state index is 12.6. The molecule has 1 heterocycles. The van der Waals surface area contributed by atoms with E-state index in [4.69, 9.17) is 13.9 Å². The number of furan rings is 1. The van der Waals surface area contributed by atoms with Crippen molar-refractivity contribution in [1.82, 2.24) is 0 Å². The van der Waals surface area contributed by atoms with Gasteiger partial charge in [-0.05, 0) is 29.8 Å². The van der Waals surface area contributed by atoms with Gasteiger partial charge in [0.1, 0.15) is 11.3 Å². The predicted octanol–water partition coefficient (Wildman–Crippen LogP) is 4.62. The second-order valence-electron chi connectivity index (χ2n) is 7.36. The van der Waals surface area contributed by atoms with Gasteiger partial charge in [-0.25, -0.2) is 0 Å². The quantitative estimate of drug-likeness (QED) is 0.249. The Morgan fingerprint density at radius 2 is 1.94 bits per heavy atom. The van der Waals surface area contributed by atoms with Crippen molar-refractivity contribution in [1.29, 1.82) is 0 Å². The van der Waals surface area contributed by atoms with Crippen LogP contribution in [0.2, 0.25) is 0 Å². The van der Waals surface area contributed by atoms with E-state index in [2.05, 4.69) is 5.32 Å². The molecular formula is C24H20N2O7. The molecule has 0 aliphatic heterocycles. The number of fused-ring (bicyclic) bond motifs is 3. The lowest BCUT2D eigenvalue weighted by molar-refractivity contribution is -0.384. The third-order valence-corrected chi connectivity index (χ3v) is 5.20. The highest BCUT2D eigenvalue weighted by molar-refractivity contribution is 6.08. The van der Waals surface area contributed by atoms with Gasteiger partial charge >= 0.3 is 5.97 Å². The number of hydrogen-bond donors (Lipinski definition) is 1. The van der Waals surface area contributed by atoms with Crippen molar-refractivity contribution in [2.75, 3.05) is 12.4 Å². The van der Waals surface area contributed by atoms with Crippen LogP contribution in [0.25, 0.3) is 21.7 Å². The Kier molecular flexibility index (Phi) is 5.95. The van der Waals surface area contributed by atoms with Crippen LogP contribution in [-0.4, -0.2) is 30.0 Å². The van der Waals surface area contributed by atoms with Gasteiger partial charge in [0, 0.05) is 23.1 Å². The highest BCUT2D eigenvalue weighted by Crippen LogP contribution is 2.31. The number of non-ortho nitro benzene ring substituents is 1. The molecule has 1 N–H and O–H groups in total. The fraction of sp³-hybridized carbons (Fsp3) is 0.167. The molecule has 0 radical (unpaired) electrons. The molecule has 0 bridgehead atoms. The molecule has 4 rings (SSSR count). The van der Waals surface area contributed by atoms with Gasteiger partial charge in [0.05, 0.1) is 30.4 Å². The normalized spacial score (nSPS) is 11.8. The minimum atomic E-state index is -1.14. The van der Waals surface area contributed by atoms with Crippen molar-refractivity contribution in [3.8, 4) is 5.75 Å². The summed E-state index contributed by atoms with van der Waals surface area (Å²) < 4.78 is 16.0. The van der Waals surface area contributed by atoms with Crippen molar-refractivity contribution < 1.29 is 28.4 Å². The van der Waals surface area contributed by atoms with E-state index in [9.17, 15) is 19.7 Å². The Bertz CT molecular complexity index is 1380. The minimum Gasteiger partial charge on any atom is -0.495 e. The summed E-state index contributed by atoms with van der Waals surface area (Å²) in [5.74, 6) is -1.02. The largest absolute Gasteiger partial charge is 0.495 e. The molecule has 3 aromatic carbocycles. The zero-order valence-electron chi connectivity index (χ0n) is 17.9. The first-order valence-corrected chi connectivity index (χ1v) is 10.1. The van der Waals surface area contributed by atoms with Crippen LogP contribution in [0.5, 0.6) is 5.75 Å². The van der Waals surface area contributed by atoms with E-state index in [1.165, 1.54) is 38.5 Å². The molecule has 33 heavy (non-hydrogen) atoms. The first kappa shape index (κ1) is 21.8. The number of ether oxygens (including phenoxy) is 2. The molecule has 1 unspecified atom stereocenters. The van der Waals surface area contributed by atoms with Gasteiger partial charge in [-0.1, -0.05) is 30.3 Å². The Labute approximate surface area is 188 Å². The predicted molar refractivity (Wildman–Crippen MR) is 121 cm³/mol. The summed E-state index contributed by atoms with van der Waals surface area (Å²) in [6.45, 7) is 1.42. The van der Waals surface area contributed by atoms with Crippen LogP contribution in [-0.2, 0) is 20.7 Å². The van der Waals surface area contributed by atoms with Gasteiger partial charge in [0.25, 0.3) is 11.6 Å². The number of hydrogen-bond acceptors (Lipinski definition) is 7. The molecule has 168 valence electrons. The van der Waals surface area contributed by atoms with Crippen LogP contribution in [0, 0.1) is 10.1 Å². The molecule has 1 atom stereocenters. The molecule has 1 aromatic heterocycles. The Morgan fingerprint density at radius 3 is 2.70 bits per heavy atom. The molecule has 0 saturated carbocycles. The number of rotatable bonds is 7. The van der Waals surface area contributed by atoms with E-state index >= 15 is 0 Å². The lowest BCUT2D eigenvalue weighted by Gasteiger charge is -2.15. The van der Waals surface area contributed by atoms with Gasteiger partial charge in [-0.15, -0.1) is 0 Å². The average molecular weight is 448 g/mol. The molecular weight excluding hydrogens is 428 g/mol. The number of esters is 1. The zero-order valence-corrected chi connectivity index (χ0v) is 17.9. The summed E-state index contributed by atoms with van der Waals surface area (Å²) >= 11 is 0. The highest BCUT2D eigenvalue weighted by Gasteiger charge is 2.22. The van der Waals surface area contributed by atoms with Crippen molar-refractivity contribution in [2.45, 2.75) is 19.4 Å². The third kappa shape index (κ3) is 4.47. The second kappa shape index (κ2) is 8.99. The first-order valence-electron chi connectivity index (χ1n) is 10.1. The van der Waals surface area contributed by atoms with Crippen molar-refractivity contribution in [3.05, 3.63) is 76.5 Å². The molecule has 9 nitrogen and oxygen atoms in total. The lowest BCUT2D eigenvalue weighted by Crippen LogP contribution is -2.30. The number of nitro groups is 1. The summed E-state index contributed by atoms with van der Waals surface area (Å²) in [6.07, 6.45) is 0.284. The molecule has 0 fully saturated rings. The summed E-state index contributed by atoms with van der Waals surface area (Å²) in [4.78, 5) is 35.6. The standard InChI is InChI=1S/C24H20N2O7/c1-14(24(28)25-19-12-17(26(29)30)8-10-20(19)31-2)33-22(27)11-16-13-32-21-9-7-15-5-3-4-6-18(15)23(16)21/h3-10,12-14H,11H2,1-2H3,(H,25,28). The lowest BCUT2D eigenvalue weighted by atomic mass is 10.0. The SMILES string of the molecule is COc1ccc([N+](=O)[O-])cc1NC(=O)C(C)OC(=O)Cc1coc2ccc3ccccc3c12. The zero-order chi connectivity index (χ0) is 23.5. The number of amides is 1. The molecule has 0 spiro atoms. The number of carbonyl (C=O) groups is 2. The van der Waals surface area contributed by atoms with E-state index in [-0.39, 0.29) is 23.5 Å². The summed E-state index contributed by atoms with van der Waals surface area (Å²) in [6, 6.07) is 15.4. The molecule has 9 heteroatoms. The van der Waals surface area contributed by atoms with Crippen molar-refractivity contribution in [2.24, 2.45) is 0 Å². The molecule has 0 saturated heterocycles. The monoisotopic (exact) mass is 448 g/mol. The minimum absolute atomic E-state index is 0.0846. The fourth-order valence-electron chi connectivity index (χ4n) is 3.59. The van der Waals surface area contributed by atoms with Crippen LogP contribution in [0.1, 0.15) is 12.5 Å². The Morgan fingerprint density at radius 1 is 1.15 bits per heavy atom. The average Bonchev–Trinajstić information content (AvgIpc) is 3.21. The van der Waals surface area contributed by atoms with E-state index in [0.717, 1.165) is 16.2 Å². The number of nitrogens with zero attached hydrogens (tertiary/aromatic N) is 1. The summed E-state index contributed by atoms with van der Waals surface area (Å²) in [7, 11) is 1.37. The number of anilines is 1. The van der Waals surface area contributed by atoms with Crippen LogP contribution in [0.3, 0.4) is 0 Å². The molecule has 0 aliphatic rings. The summed E-state index contributed by atoms with van der Waals surface area (Å²) in [5.41, 5.74) is 1.20. The van der Waals surface area contributed by atoms with Crippen molar-refractivity contribution >= 4 is 45.0 Å². The van der Waals surface area contributed by atoms with Crippen molar-refractivity contribution in [3.63, 3.8) is 0 Å². The van der Waals surface area contributed by atoms with Crippen LogP contribution in [0.4, 0.5) is 11.4 Å². The Hall–Kier alpha value is -4.40. The molecule has 0 aliphatic carbocycles. The first-order chi connectivity index (χ1) is 15.9. The number of carbonyl (C=O) groups excluding carboxylic acids is 2. The van der Waals surface area contributed by atoms with Gasteiger partial charge in [0.2, 0.25) is 0 Å². The second-order valence-corrected chi connectivity index (χ2v) is 7.36. The van der Waals surface area contributed by atoms with E-state index in [1.54, 1.807) is 0 Å². The van der Waals surface area contributed by atoms with Crippen LogP contribution >= 0.6 is 0 Å². The van der Waals surface area contributed by atoms with E-state index in [1.807, 2.05) is 36.4 Å². The topological polar surface area (TPSA) is 121 Å². The van der Waals surface area contributed by atoms with Gasteiger partial charge in [0.15, 0.2) is 6.10 Å². The molecule has 4 aromatic rings. The fourth-order valence-corrected chi connectivity index (χ4v) is 3.59. The van der Waals surface area contributed by atoms with E-state index in [0.29, 0.717) is 11.1 Å². The molecule has 1 amide bonds. The number of benzene rings is 3. The van der Waals surface area contributed by atoms with E-state index < -0.39 is 22.9 Å². The smallest absolute Gasteiger partial charge is 0.311 e. The number of methoxy groups -OCH3 is 1. The van der Waals surface area contributed by atoms with Gasteiger partial charge < -0.3 is 19.2 Å². The maximum Gasteiger partial charge on any atom is 0.311 e. The number of nitro benzene ring substituents is 1. The highest BCUT2D eigenvalue weighted by atomic mass is 16.6. The van der Waals surface area contributed by atoms with Crippen LogP contribution < -0.4 is 10.1 Å².